The van der Waals surface area contributed by atoms with Gasteiger partial charge in [-0.1, -0.05) is 6.92 Å². The maximum absolute atomic E-state index is 13.6. The van der Waals surface area contributed by atoms with Crippen molar-refractivity contribution in [1.29, 1.82) is 0 Å². The first-order valence-corrected chi connectivity index (χ1v) is 6.40. The van der Waals surface area contributed by atoms with E-state index in [0.29, 0.717) is 12.6 Å². The highest BCUT2D eigenvalue weighted by molar-refractivity contribution is 5.22. The number of halogens is 2. The second-order valence-electron chi connectivity index (χ2n) is 4.86. The Kier molecular flexibility index (Phi) is 5.69. The molecule has 0 saturated carbocycles. The van der Waals surface area contributed by atoms with Crippen molar-refractivity contribution in [3.63, 3.8) is 0 Å². The van der Waals surface area contributed by atoms with Crippen LogP contribution in [0, 0.1) is 11.6 Å². The molecule has 0 aliphatic carbocycles. The summed E-state index contributed by atoms with van der Waals surface area (Å²) in [6.07, 6.45) is 1.01. The molecule has 1 aromatic rings. The Balaban J connectivity index is 2.79. The molecule has 18 heavy (non-hydrogen) atoms. The first-order chi connectivity index (χ1) is 8.45. The zero-order valence-electron chi connectivity index (χ0n) is 11.3. The van der Waals surface area contributed by atoms with Crippen LogP contribution in [0.1, 0.15) is 38.8 Å². The van der Waals surface area contributed by atoms with Gasteiger partial charge in [0.15, 0.2) is 0 Å². The molecule has 102 valence electrons. The van der Waals surface area contributed by atoms with Gasteiger partial charge in [0.25, 0.3) is 0 Å². The summed E-state index contributed by atoms with van der Waals surface area (Å²) in [6.45, 7) is 7.67. The van der Waals surface area contributed by atoms with Crippen LogP contribution in [0.25, 0.3) is 0 Å². The van der Waals surface area contributed by atoms with Gasteiger partial charge in [-0.05, 0) is 45.0 Å². The number of nitrogens with zero attached hydrogens (tertiary/aromatic N) is 1. The SMILES string of the molecule is CCCN(CC(N)c1cc(F)ccc1F)C(C)C. The molecule has 1 aromatic carbocycles. The van der Waals surface area contributed by atoms with Crippen LogP contribution in [0.5, 0.6) is 0 Å². The first-order valence-electron chi connectivity index (χ1n) is 6.40. The molecule has 0 bridgehead atoms. The Morgan fingerprint density at radius 1 is 1.28 bits per heavy atom. The molecule has 0 spiro atoms. The van der Waals surface area contributed by atoms with Gasteiger partial charge in [0.1, 0.15) is 11.6 Å². The molecular formula is C14H22F2N2. The number of nitrogens with two attached hydrogens (primary N) is 1. The molecular weight excluding hydrogens is 234 g/mol. The number of hydrogen-bond donors (Lipinski definition) is 1. The average Bonchev–Trinajstić information content (AvgIpc) is 2.31. The summed E-state index contributed by atoms with van der Waals surface area (Å²) in [4.78, 5) is 2.18. The fourth-order valence-corrected chi connectivity index (χ4v) is 2.00. The molecule has 0 heterocycles. The van der Waals surface area contributed by atoms with Crippen molar-refractivity contribution in [3.05, 3.63) is 35.4 Å². The topological polar surface area (TPSA) is 29.3 Å². The van der Waals surface area contributed by atoms with E-state index in [1.807, 2.05) is 0 Å². The second-order valence-corrected chi connectivity index (χ2v) is 4.86. The number of rotatable bonds is 6. The molecule has 0 aliphatic rings. The van der Waals surface area contributed by atoms with E-state index in [9.17, 15) is 8.78 Å². The van der Waals surface area contributed by atoms with E-state index in [4.69, 9.17) is 5.73 Å². The Hall–Kier alpha value is -1.00. The zero-order chi connectivity index (χ0) is 13.7. The molecule has 1 atom stereocenters. The third-order valence-electron chi connectivity index (χ3n) is 3.03. The third kappa shape index (κ3) is 4.03. The van der Waals surface area contributed by atoms with Crippen LogP contribution in [-0.4, -0.2) is 24.0 Å². The average molecular weight is 256 g/mol. The smallest absolute Gasteiger partial charge is 0.128 e. The van der Waals surface area contributed by atoms with Gasteiger partial charge in [-0.2, -0.15) is 0 Å². The summed E-state index contributed by atoms with van der Waals surface area (Å²) < 4.78 is 26.7. The minimum absolute atomic E-state index is 0.247. The summed E-state index contributed by atoms with van der Waals surface area (Å²) in [7, 11) is 0. The van der Waals surface area contributed by atoms with Crippen molar-refractivity contribution in [2.75, 3.05) is 13.1 Å². The fraction of sp³-hybridized carbons (Fsp3) is 0.571. The lowest BCUT2D eigenvalue weighted by Gasteiger charge is -2.29. The Morgan fingerprint density at radius 2 is 1.94 bits per heavy atom. The van der Waals surface area contributed by atoms with E-state index in [2.05, 4.69) is 25.7 Å². The van der Waals surface area contributed by atoms with Gasteiger partial charge in [0.05, 0.1) is 0 Å². The molecule has 1 unspecified atom stereocenters. The maximum atomic E-state index is 13.6. The molecule has 2 nitrogen and oxygen atoms in total. The normalized spacial score (nSPS) is 13.3. The van der Waals surface area contributed by atoms with Gasteiger partial charge in [-0.25, -0.2) is 8.78 Å². The van der Waals surface area contributed by atoms with Crippen LogP contribution in [0.4, 0.5) is 8.78 Å². The van der Waals surface area contributed by atoms with Crippen LogP contribution in [0.2, 0.25) is 0 Å². The molecule has 0 aromatic heterocycles. The van der Waals surface area contributed by atoms with Gasteiger partial charge in [-0.15, -0.1) is 0 Å². The molecule has 4 heteroatoms. The zero-order valence-corrected chi connectivity index (χ0v) is 11.3. The van der Waals surface area contributed by atoms with Gasteiger partial charge < -0.3 is 5.73 Å². The molecule has 0 radical (unpaired) electrons. The van der Waals surface area contributed by atoms with Gasteiger partial charge in [0.2, 0.25) is 0 Å². The molecule has 0 aliphatic heterocycles. The maximum Gasteiger partial charge on any atom is 0.128 e. The number of benzene rings is 1. The highest BCUT2D eigenvalue weighted by Crippen LogP contribution is 2.18. The summed E-state index contributed by atoms with van der Waals surface area (Å²) in [5.74, 6) is -0.891. The van der Waals surface area contributed by atoms with Crippen molar-refractivity contribution < 1.29 is 8.78 Å². The summed E-state index contributed by atoms with van der Waals surface area (Å²) in [6, 6.07) is 3.26. The van der Waals surface area contributed by atoms with Crippen molar-refractivity contribution in [1.82, 2.24) is 4.90 Å². The van der Waals surface area contributed by atoms with Crippen LogP contribution in [-0.2, 0) is 0 Å². The van der Waals surface area contributed by atoms with E-state index in [-0.39, 0.29) is 5.56 Å². The Bertz CT molecular complexity index is 380. The lowest BCUT2D eigenvalue weighted by Crippen LogP contribution is -2.38. The van der Waals surface area contributed by atoms with E-state index in [1.54, 1.807) is 0 Å². The minimum Gasteiger partial charge on any atom is -0.323 e. The lowest BCUT2D eigenvalue weighted by atomic mass is 10.1. The molecule has 0 saturated heterocycles. The molecule has 2 N–H and O–H groups in total. The highest BCUT2D eigenvalue weighted by atomic mass is 19.1. The van der Waals surface area contributed by atoms with Gasteiger partial charge >= 0.3 is 0 Å². The summed E-state index contributed by atoms with van der Waals surface area (Å²) in [5, 5.41) is 0. The molecule has 0 amide bonds. The van der Waals surface area contributed by atoms with Gasteiger partial charge in [0, 0.05) is 24.2 Å². The van der Waals surface area contributed by atoms with Crippen molar-refractivity contribution >= 4 is 0 Å². The Morgan fingerprint density at radius 3 is 2.50 bits per heavy atom. The van der Waals surface area contributed by atoms with Crippen LogP contribution >= 0.6 is 0 Å². The van der Waals surface area contributed by atoms with Crippen molar-refractivity contribution in [2.24, 2.45) is 5.73 Å². The van der Waals surface area contributed by atoms with Crippen LogP contribution < -0.4 is 5.73 Å². The lowest BCUT2D eigenvalue weighted by molar-refractivity contribution is 0.208. The first kappa shape index (κ1) is 15.1. The minimum atomic E-state index is -0.505. The van der Waals surface area contributed by atoms with E-state index < -0.39 is 17.7 Å². The number of hydrogen-bond acceptors (Lipinski definition) is 2. The molecule has 0 fully saturated rings. The Labute approximate surface area is 108 Å². The highest BCUT2D eigenvalue weighted by Gasteiger charge is 2.17. The second kappa shape index (κ2) is 6.81. The summed E-state index contributed by atoms with van der Waals surface area (Å²) >= 11 is 0. The molecule has 1 rings (SSSR count). The largest absolute Gasteiger partial charge is 0.323 e. The van der Waals surface area contributed by atoms with Crippen molar-refractivity contribution in [2.45, 2.75) is 39.3 Å². The predicted molar refractivity (Wildman–Crippen MR) is 70.3 cm³/mol. The fourth-order valence-electron chi connectivity index (χ4n) is 2.00. The standard InChI is InChI=1S/C14H22F2N2/c1-4-7-18(10(2)3)9-14(17)12-8-11(15)5-6-13(12)16/h5-6,8,10,14H,4,7,9,17H2,1-3H3. The van der Waals surface area contributed by atoms with E-state index in [0.717, 1.165) is 25.1 Å². The van der Waals surface area contributed by atoms with E-state index >= 15 is 0 Å². The third-order valence-corrected chi connectivity index (χ3v) is 3.03. The van der Waals surface area contributed by atoms with Crippen LogP contribution in [0.3, 0.4) is 0 Å². The quantitative estimate of drug-likeness (QED) is 0.847. The predicted octanol–water partition coefficient (Wildman–Crippen LogP) is 3.09. The van der Waals surface area contributed by atoms with Crippen molar-refractivity contribution in [3.8, 4) is 0 Å². The van der Waals surface area contributed by atoms with Gasteiger partial charge in [-0.3, -0.25) is 4.90 Å². The van der Waals surface area contributed by atoms with E-state index in [1.165, 1.54) is 6.07 Å². The summed E-state index contributed by atoms with van der Waals surface area (Å²) in [5.41, 5.74) is 6.23. The monoisotopic (exact) mass is 256 g/mol. The van der Waals surface area contributed by atoms with Crippen LogP contribution in [0.15, 0.2) is 18.2 Å².